The van der Waals surface area contributed by atoms with E-state index in [2.05, 4.69) is 24.0 Å². The van der Waals surface area contributed by atoms with E-state index >= 15 is 0 Å². The quantitative estimate of drug-likeness (QED) is 0.409. The highest BCUT2D eigenvalue weighted by molar-refractivity contribution is 4.50. The monoisotopic (exact) mass is 186 g/mol. The summed E-state index contributed by atoms with van der Waals surface area (Å²) in [6.07, 6.45) is 5.92. The number of unbranched alkanes of at least 4 members (excludes halogenated alkanes) is 4. The summed E-state index contributed by atoms with van der Waals surface area (Å²) in [5, 5.41) is 2.84. The molecule has 0 saturated carbocycles. The van der Waals surface area contributed by atoms with Crippen molar-refractivity contribution in [3.05, 3.63) is 4.91 Å². The summed E-state index contributed by atoms with van der Waals surface area (Å²) < 4.78 is 0. The fraction of sp³-hybridized carbons (Fsp3) is 1.00. The second-order valence-corrected chi connectivity index (χ2v) is 3.52. The lowest BCUT2D eigenvalue weighted by Crippen LogP contribution is -2.18. The van der Waals surface area contributed by atoms with Crippen LogP contribution in [-0.4, -0.2) is 31.6 Å². The molecule has 0 spiro atoms. The summed E-state index contributed by atoms with van der Waals surface area (Å²) in [7, 11) is 2.15. The van der Waals surface area contributed by atoms with Crippen LogP contribution in [0.4, 0.5) is 0 Å². The summed E-state index contributed by atoms with van der Waals surface area (Å²) in [4.78, 5) is 12.1. The van der Waals surface area contributed by atoms with E-state index in [0.717, 1.165) is 19.4 Å². The molecule has 0 fully saturated rings. The van der Waals surface area contributed by atoms with Crippen molar-refractivity contribution >= 4 is 0 Å². The van der Waals surface area contributed by atoms with Gasteiger partial charge in [-0.25, -0.2) is 0 Å². The number of hydrogen-bond acceptors (Lipinski definition) is 3. The molecule has 0 bridgehead atoms. The molecule has 0 aliphatic rings. The molecule has 0 atom stereocenters. The second kappa shape index (κ2) is 9.65. The van der Waals surface area contributed by atoms with Crippen LogP contribution in [0.5, 0.6) is 0 Å². The first-order valence-corrected chi connectivity index (χ1v) is 5.29. The molecule has 0 unspecified atom stereocenters. The molecule has 0 radical (unpaired) electrons. The van der Waals surface area contributed by atoms with Crippen LogP contribution in [0.2, 0.25) is 0 Å². The molecule has 0 N–H and O–H groups in total. The fourth-order valence-corrected chi connectivity index (χ4v) is 1.25. The van der Waals surface area contributed by atoms with E-state index in [4.69, 9.17) is 0 Å². The Morgan fingerprint density at radius 3 is 2.31 bits per heavy atom. The number of nitroso groups, excluding NO2 is 1. The van der Waals surface area contributed by atoms with Gasteiger partial charge in [0.2, 0.25) is 0 Å². The maximum atomic E-state index is 9.77. The minimum absolute atomic E-state index is 0.495. The van der Waals surface area contributed by atoms with Gasteiger partial charge in [0.15, 0.2) is 0 Å². The summed E-state index contributed by atoms with van der Waals surface area (Å²) in [5.74, 6) is 0. The highest BCUT2D eigenvalue weighted by Gasteiger charge is 1.94. The van der Waals surface area contributed by atoms with Gasteiger partial charge in [-0.2, -0.15) is 4.91 Å². The maximum Gasteiger partial charge on any atom is 0.0811 e. The average Bonchev–Trinajstić information content (AvgIpc) is 2.16. The minimum Gasteiger partial charge on any atom is -0.307 e. The molecule has 0 heterocycles. The fourth-order valence-electron chi connectivity index (χ4n) is 1.25. The molecule has 0 saturated heterocycles. The topological polar surface area (TPSA) is 32.7 Å². The standard InChI is InChI=1S/C10H22N2O/c1-3-12(2)10-8-6-4-5-7-9-11-13/h3-10H2,1-2H3. The Bertz CT molecular complexity index is 117. The number of rotatable bonds is 9. The van der Waals surface area contributed by atoms with Gasteiger partial charge >= 0.3 is 0 Å². The SMILES string of the molecule is CCN(C)CCCCCCCN=O. The van der Waals surface area contributed by atoms with Crippen LogP contribution in [0.25, 0.3) is 0 Å². The van der Waals surface area contributed by atoms with Crippen molar-refractivity contribution in [3.63, 3.8) is 0 Å². The lowest BCUT2D eigenvalue weighted by Gasteiger charge is -2.12. The van der Waals surface area contributed by atoms with Crippen molar-refractivity contribution < 1.29 is 0 Å². The van der Waals surface area contributed by atoms with Crippen LogP contribution in [0, 0.1) is 4.91 Å². The van der Waals surface area contributed by atoms with E-state index in [-0.39, 0.29) is 0 Å². The summed E-state index contributed by atoms with van der Waals surface area (Å²) in [6, 6.07) is 0. The average molecular weight is 186 g/mol. The van der Waals surface area contributed by atoms with Gasteiger partial charge in [0.1, 0.15) is 0 Å². The molecule has 0 aromatic carbocycles. The predicted octanol–water partition coefficient (Wildman–Crippen LogP) is 2.66. The van der Waals surface area contributed by atoms with Crippen molar-refractivity contribution in [1.29, 1.82) is 0 Å². The Hall–Kier alpha value is -0.440. The van der Waals surface area contributed by atoms with Crippen molar-refractivity contribution in [2.45, 2.75) is 39.0 Å². The van der Waals surface area contributed by atoms with Gasteiger partial charge in [-0.1, -0.05) is 31.4 Å². The first-order valence-electron chi connectivity index (χ1n) is 5.29. The van der Waals surface area contributed by atoms with Crippen molar-refractivity contribution in [1.82, 2.24) is 4.90 Å². The third kappa shape index (κ3) is 9.47. The van der Waals surface area contributed by atoms with E-state index in [1.807, 2.05) is 0 Å². The molecule has 3 heteroatoms. The van der Waals surface area contributed by atoms with E-state index in [9.17, 15) is 4.91 Å². The molecule has 78 valence electrons. The van der Waals surface area contributed by atoms with Crippen LogP contribution in [0.1, 0.15) is 39.0 Å². The van der Waals surface area contributed by atoms with Gasteiger partial charge < -0.3 is 4.90 Å². The lowest BCUT2D eigenvalue weighted by atomic mass is 10.1. The first-order chi connectivity index (χ1) is 6.31. The highest BCUT2D eigenvalue weighted by Crippen LogP contribution is 2.03. The molecule has 3 nitrogen and oxygen atoms in total. The molecular weight excluding hydrogens is 164 g/mol. The third-order valence-electron chi connectivity index (χ3n) is 2.33. The van der Waals surface area contributed by atoms with Crippen LogP contribution in [0.15, 0.2) is 5.18 Å². The van der Waals surface area contributed by atoms with E-state index in [1.165, 1.54) is 25.8 Å². The molecule has 0 aliphatic carbocycles. The van der Waals surface area contributed by atoms with Gasteiger partial charge in [0.25, 0.3) is 0 Å². The predicted molar refractivity (Wildman–Crippen MR) is 56.9 cm³/mol. The molecule has 0 amide bonds. The number of nitrogens with zero attached hydrogens (tertiary/aromatic N) is 2. The van der Waals surface area contributed by atoms with Crippen LogP contribution in [-0.2, 0) is 0 Å². The normalized spacial score (nSPS) is 10.7. The molecule has 0 aliphatic heterocycles. The van der Waals surface area contributed by atoms with Gasteiger partial charge in [-0.05, 0) is 33.0 Å². The Kier molecular flexibility index (Phi) is 9.32. The van der Waals surface area contributed by atoms with Crippen LogP contribution in [0.3, 0.4) is 0 Å². The van der Waals surface area contributed by atoms with Crippen molar-refractivity contribution in [2.24, 2.45) is 5.18 Å². The smallest absolute Gasteiger partial charge is 0.0811 e. The largest absolute Gasteiger partial charge is 0.307 e. The van der Waals surface area contributed by atoms with E-state index in [1.54, 1.807) is 0 Å². The molecule has 0 aromatic heterocycles. The number of hydrogen-bond donors (Lipinski definition) is 0. The molecule has 13 heavy (non-hydrogen) atoms. The summed E-state index contributed by atoms with van der Waals surface area (Å²) in [5.41, 5.74) is 0. The third-order valence-corrected chi connectivity index (χ3v) is 2.33. The van der Waals surface area contributed by atoms with Gasteiger partial charge in [0, 0.05) is 0 Å². The van der Waals surface area contributed by atoms with Crippen LogP contribution < -0.4 is 0 Å². The maximum absolute atomic E-state index is 9.77. The van der Waals surface area contributed by atoms with Gasteiger partial charge in [-0.3, -0.25) is 0 Å². The minimum atomic E-state index is 0.495. The Morgan fingerprint density at radius 1 is 1.08 bits per heavy atom. The van der Waals surface area contributed by atoms with Gasteiger partial charge in [-0.15, -0.1) is 0 Å². The van der Waals surface area contributed by atoms with Crippen LogP contribution >= 0.6 is 0 Å². The lowest BCUT2D eigenvalue weighted by molar-refractivity contribution is 0.340. The van der Waals surface area contributed by atoms with Gasteiger partial charge in [0.05, 0.1) is 6.54 Å². The molecule has 0 aromatic rings. The molecular formula is C10H22N2O. The Balaban J connectivity index is 2.95. The Labute approximate surface area is 81.5 Å². The Morgan fingerprint density at radius 2 is 1.69 bits per heavy atom. The zero-order valence-electron chi connectivity index (χ0n) is 8.96. The van der Waals surface area contributed by atoms with Crippen molar-refractivity contribution in [2.75, 3.05) is 26.7 Å². The van der Waals surface area contributed by atoms with E-state index in [0.29, 0.717) is 6.54 Å². The summed E-state index contributed by atoms with van der Waals surface area (Å²) >= 11 is 0. The van der Waals surface area contributed by atoms with Crippen molar-refractivity contribution in [3.8, 4) is 0 Å². The first kappa shape index (κ1) is 12.6. The zero-order valence-corrected chi connectivity index (χ0v) is 8.96. The van der Waals surface area contributed by atoms with E-state index < -0.39 is 0 Å². The highest BCUT2D eigenvalue weighted by atomic mass is 16.3. The molecule has 0 rings (SSSR count). The summed E-state index contributed by atoms with van der Waals surface area (Å²) in [6.45, 7) is 5.00. The second-order valence-electron chi connectivity index (χ2n) is 3.52. The zero-order chi connectivity index (χ0) is 9.94.